The number of carbonyl (C=O) groups excluding carboxylic acids is 1. The van der Waals surface area contributed by atoms with Gasteiger partial charge in [-0.15, -0.1) is 0 Å². The Bertz CT molecular complexity index is 397. The molecule has 1 aliphatic rings. The Balaban J connectivity index is 2.20. The van der Waals surface area contributed by atoms with Crippen molar-refractivity contribution in [3.8, 4) is 0 Å². The highest BCUT2D eigenvalue weighted by molar-refractivity contribution is 5.94. The van der Waals surface area contributed by atoms with Crippen LogP contribution >= 0.6 is 0 Å². The Morgan fingerprint density at radius 2 is 2.00 bits per heavy atom. The van der Waals surface area contributed by atoms with Gasteiger partial charge in [0.15, 0.2) is 0 Å². The minimum absolute atomic E-state index is 0.183. The van der Waals surface area contributed by atoms with Gasteiger partial charge in [-0.1, -0.05) is 39.0 Å². The fourth-order valence-electron chi connectivity index (χ4n) is 2.75. The van der Waals surface area contributed by atoms with Gasteiger partial charge in [-0.3, -0.25) is 4.79 Å². The highest BCUT2D eigenvalue weighted by Crippen LogP contribution is 2.35. The third kappa shape index (κ3) is 2.51. The van der Waals surface area contributed by atoms with Crippen LogP contribution in [0.5, 0.6) is 0 Å². The molecule has 1 atom stereocenters. The maximum atomic E-state index is 12.4. The van der Waals surface area contributed by atoms with Crippen LogP contribution < -0.4 is 0 Å². The molecule has 2 rings (SSSR count). The Labute approximate surface area is 104 Å². The summed E-state index contributed by atoms with van der Waals surface area (Å²) in [6.07, 6.45) is 2.16. The zero-order chi connectivity index (χ0) is 12.5. The first-order valence-corrected chi connectivity index (χ1v) is 6.39. The zero-order valence-corrected chi connectivity index (χ0v) is 10.9. The Hall–Kier alpha value is -1.31. The van der Waals surface area contributed by atoms with Crippen LogP contribution in [-0.4, -0.2) is 23.4 Å². The molecule has 0 saturated carbocycles. The maximum Gasteiger partial charge on any atom is 0.254 e. The minimum atomic E-state index is 0.183. The topological polar surface area (TPSA) is 20.3 Å². The summed E-state index contributed by atoms with van der Waals surface area (Å²) < 4.78 is 0. The molecular formula is C15H21NO. The summed E-state index contributed by atoms with van der Waals surface area (Å²) in [5, 5.41) is 0. The molecule has 2 heteroatoms. The molecule has 92 valence electrons. The number of hydrogen-bond acceptors (Lipinski definition) is 1. The summed E-state index contributed by atoms with van der Waals surface area (Å²) in [5.74, 6) is 0.183. The first-order chi connectivity index (χ1) is 8.03. The van der Waals surface area contributed by atoms with Crippen molar-refractivity contribution in [3.05, 3.63) is 35.9 Å². The fourth-order valence-corrected chi connectivity index (χ4v) is 2.75. The Morgan fingerprint density at radius 3 is 2.59 bits per heavy atom. The third-order valence-electron chi connectivity index (χ3n) is 3.58. The Morgan fingerprint density at radius 1 is 1.35 bits per heavy atom. The van der Waals surface area contributed by atoms with E-state index in [0.29, 0.717) is 6.04 Å². The number of hydrogen-bond donors (Lipinski definition) is 0. The number of nitrogens with zero attached hydrogens (tertiary/aromatic N) is 1. The van der Waals surface area contributed by atoms with E-state index in [-0.39, 0.29) is 11.3 Å². The fraction of sp³-hybridized carbons (Fsp3) is 0.533. The molecule has 0 bridgehead atoms. The summed E-state index contributed by atoms with van der Waals surface area (Å²) in [5.41, 5.74) is 1.06. The van der Waals surface area contributed by atoms with Crippen LogP contribution in [0.15, 0.2) is 30.3 Å². The van der Waals surface area contributed by atoms with Gasteiger partial charge >= 0.3 is 0 Å². The number of amides is 1. The van der Waals surface area contributed by atoms with Gasteiger partial charge in [0.25, 0.3) is 5.91 Å². The van der Waals surface area contributed by atoms with E-state index < -0.39 is 0 Å². The molecule has 1 aromatic rings. The smallest absolute Gasteiger partial charge is 0.254 e. The van der Waals surface area contributed by atoms with Crippen molar-refractivity contribution in [2.45, 2.75) is 39.7 Å². The second-order valence-corrected chi connectivity index (χ2v) is 5.73. The minimum Gasteiger partial charge on any atom is -0.335 e. The molecule has 0 aliphatic carbocycles. The van der Waals surface area contributed by atoms with Gasteiger partial charge in [-0.05, 0) is 30.4 Å². The summed E-state index contributed by atoms with van der Waals surface area (Å²) in [4.78, 5) is 14.5. The van der Waals surface area contributed by atoms with E-state index >= 15 is 0 Å². The average Bonchev–Trinajstić information content (AvgIpc) is 2.65. The van der Waals surface area contributed by atoms with Crippen LogP contribution in [0.4, 0.5) is 0 Å². The predicted molar refractivity (Wildman–Crippen MR) is 70.0 cm³/mol. The summed E-state index contributed by atoms with van der Waals surface area (Å²) in [7, 11) is 0. The van der Waals surface area contributed by atoms with Crippen LogP contribution in [-0.2, 0) is 0 Å². The molecule has 1 saturated heterocycles. The highest BCUT2D eigenvalue weighted by atomic mass is 16.2. The van der Waals surface area contributed by atoms with Crippen molar-refractivity contribution in [3.63, 3.8) is 0 Å². The lowest BCUT2D eigenvalue weighted by molar-refractivity contribution is 0.0723. The molecule has 1 heterocycles. The number of benzene rings is 1. The van der Waals surface area contributed by atoms with Gasteiger partial charge in [0.05, 0.1) is 0 Å². The molecule has 1 amide bonds. The van der Waals surface area contributed by atoms with Crippen LogP contribution in [0, 0.1) is 5.41 Å². The quantitative estimate of drug-likeness (QED) is 0.764. The van der Waals surface area contributed by atoms with Gasteiger partial charge in [-0.25, -0.2) is 0 Å². The van der Waals surface area contributed by atoms with E-state index in [1.807, 2.05) is 30.3 Å². The lowest BCUT2D eigenvalue weighted by Gasteiger charge is -2.24. The predicted octanol–water partition coefficient (Wildman–Crippen LogP) is 3.34. The van der Waals surface area contributed by atoms with Gasteiger partial charge in [-0.2, -0.15) is 0 Å². The van der Waals surface area contributed by atoms with Crippen molar-refractivity contribution in [1.29, 1.82) is 0 Å². The van der Waals surface area contributed by atoms with Crippen molar-refractivity contribution in [1.82, 2.24) is 4.90 Å². The molecule has 0 spiro atoms. The van der Waals surface area contributed by atoms with E-state index in [4.69, 9.17) is 0 Å². The van der Waals surface area contributed by atoms with Gasteiger partial charge in [0, 0.05) is 18.2 Å². The zero-order valence-electron chi connectivity index (χ0n) is 10.9. The maximum absolute atomic E-state index is 12.4. The van der Waals surface area contributed by atoms with E-state index in [0.717, 1.165) is 24.9 Å². The summed E-state index contributed by atoms with van der Waals surface area (Å²) in [6.45, 7) is 7.53. The van der Waals surface area contributed by atoms with Crippen molar-refractivity contribution >= 4 is 5.91 Å². The average molecular weight is 231 g/mol. The number of carbonyl (C=O) groups is 1. The number of likely N-dealkylation sites (tertiary alicyclic amines) is 1. The molecular weight excluding hydrogens is 210 g/mol. The van der Waals surface area contributed by atoms with E-state index in [9.17, 15) is 4.79 Å². The Kier molecular flexibility index (Phi) is 3.23. The molecule has 1 aromatic carbocycles. The van der Waals surface area contributed by atoms with Crippen LogP contribution in [0.2, 0.25) is 0 Å². The molecule has 0 aromatic heterocycles. The van der Waals surface area contributed by atoms with E-state index in [1.165, 1.54) is 0 Å². The second-order valence-electron chi connectivity index (χ2n) is 5.73. The lowest BCUT2D eigenvalue weighted by atomic mass is 9.90. The molecule has 0 N–H and O–H groups in total. The molecule has 2 nitrogen and oxygen atoms in total. The summed E-state index contributed by atoms with van der Waals surface area (Å²) >= 11 is 0. The van der Waals surface area contributed by atoms with E-state index in [2.05, 4.69) is 25.7 Å². The third-order valence-corrected chi connectivity index (χ3v) is 3.58. The molecule has 17 heavy (non-hydrogen) atoms. The first kappa shape index (κ1) is 12.2. The molecule has 1 aliphatic heterocycles. The second kappa shape index (κ2) is 4.52. The molecule has 1 unspecified atom stereocenters. The normalized spacial score (nSPS) is 22.8. The van der Waals surface area contributed by atoms with Gasteiger partial charge in [0.1, 0.15) is 0 Å². The van der Waals surface area contributed by atoms with Gasteiger partial charge in [0.2, 0.25) is 0 Å². The van der Waals surface area contributed by atoms with Crippen LogP contribution in [0.1, 0.15) is 44.0 Å². The summed E-state index contributed by atoms with van der Waals surface area (Å²) in [6, 6.07) is 10.0. The van der Waals surface area contributed by atoms with Crippen molar-refractivity contribution in [2.24, 2.45) is 5.41 Å². The lowest BCUT2D eigenvalue weighted by Crippen LogP contribution is -2.35. The van der Waals surface area contributed by atoms with E-state index in [1.54, 1.807) is 0 Å². The monoisotopic (exact) mass is 231 g/mol. The standard InChI is InChI=1S/C15H21NO/c1-4-13-10-15(2,3)11-16(13)14(17)12-8-6-5-7-9-12/h5-9,13H,4,10-11H2,1-3H3. The van der Waals surface area contributed by atoms with Crippen molar-refractivity contribution < 1.29 is 4.79 Å². The first-order valence-electron chi connectivity index (χ1n) is 6.39. The van der Waals surface area contributed by atoms with Crippen molar-refractivity contribution in [2.75, 3.05) is 6.54 Å². The molecule has 1 fully saturated rings. The van der Waals surface area contributed by atoms with Crippen LogP contribution in [0.25, 0.3) is 0 Å². The largest absolute Gasteiger partial charge is 0.335 e. The highest BCUT2D eigenvalue weighted by Gasteiger charge is 2.38. The number of rotatable bonds is 2. The molecule has 0 radical (unpaired) electrons. The van der Waals surface area contributed by atoms with Gasteiger partial charge < -0.3 is 4.90 Å². The van der Waals surface area contributed by atoms with Crippen LogP contribution in [0.3, 0.4) is 0 Å². The SMILES string of the molecule is CCC1CC(C)(C)CN1C(=O)c1ccccc1.